The van der Waals surface area contributed by atoms with Crippen molar-refractivity contribution in [1.29, 1.82) is 0 Å². The molecule has 28 heavy (non-hydrogen) atoms. The van der Waals surface area contributed by atoms with Crippen molar-refractivity contribution in [2.45, 2.75) is 32.9 Å². The molecular weight excluding hydrogens is 378 g/mol. The average molecular weight is 402 g/mol. The molecule has 1 aliphatic rings. The van der Waals surface area contributed by atoms with Gasteiger partial charge in [-0.05, 0) is 49.6 Å². The molecule has 1 heterocycles. The number of hydrogen-bond donors (Lipinski definition) is 0. The van der Waals surface area contributed by atoms with E-state index in [0.717, 1.165) is 16.9 Å². The maximum atomic E-state index is 12.6. The van der Waals surface area contributed by atoms with Crippen LogP contribution in [0.15, 0.2) is 48.5 Å². The Kier molecular flexibility index (Phi) is 6.57. The normalized spacial score (nSPS) is 15.5. The molecule has 0 radical (unpaired) electrons. The SMILES string of the molecule is CC(C)N(Cc1ccccc1)C(=O)COC(=O)[C@@H]1COc2ccc(Cl)cc2C1. The van der Waals surface area contributed by atoms with Gasteiger partial charge in [0.1, 0.15) is 12.4 Å². The Bertz CT molecular complexity index is 838. The quantitative estimate of drug-likeness (QED) is 0.689. The zero-order valence-electron chi connectivity index (χ0n) is 16.1. The van der Waals surface area contributed by atoms with E-state index in [1.165, 1.54) is 0 Å². The van der Waals surface area contributed by atoms with Gasteiger partial charge < -0.3 is 14.4 Å². The van der Waals surface area contributed by atoms with Crippen molar-refractivity contribution in [3.8, 4) is 5.75 Å². The van der Waals surface area contributed by atoms with Crippen molar-refractivity contribution >= 4 is 23.5 Å². The van der Waals surface area contributed by atoms with Crippen LogP contribution in [0.5, 0.6) is 5.75 Å². The molecule has 0 fully saturated rings. The largest absolute Gasteiger partial charge is 0.492 e. The predicted octanol–water partition coefficient (Wildman–Crippen LogP) is 3.87. The first-order valence-corrected chi connectivity index (χ1v) is 9.73. The number of ether oxygens (including phenoxy) is 2. The predicted molar refractivity (Wildman–Crippen MR) is 107 cm³/mol. The first kappa shape index (κ1) is 20.2. The topological polar surface area (TPSA) is 55.8 Å². The number of esters is 1. The molecule has 5 nitrogen and oxygen atoms in total. The number of rotatable bonds is 6. The van der Waals surface area contributed by atoms with Crippen LogP contribution in [0.2, 0.25) is 5.02 Å². The van der Waals surface area contributed by atoms with Crippen molar-refractivity contribution in [1.82, 2.24) is 4.90 Å². The lowest BCUT2D eigenvalue weighted by Crippen LogP contribution is -2.40. The molecular formula is C22H24ClNO4. The van der Waals surface area contributed by atoms with Gasteiger partial charge in [0, 0.05) is 17.6 Å². The summed E-state index contributed by atoms with van der Waals surface area (Å²) in [5, 5.41) is 0.597. The van der Waals surface area contributed by atoms with Gasteiger partial charge in [-0.25, -0.2) is 0 Å². The Morgan fingerprint density at radius 1 is 1.21 bits per heavy atom. The lowest BCUT2D eigenvalue weighted by atomic mass is 9.97. The number of nitrogens with zero attached hydrogens (tertiary/aromatic N) is 1. The van der Waals surface area contributed by atoms with Gasteiger partial charge in [0.15, 0.2) is 6.61 Å². The molecule has 3 rings (SSSR count). The van der Waals surface area contributed by atoms with Crippen molar-refractivity contribution in [3.05, 3.63) is 64.7 Å². The van der Waals surface area contributed by atoms with E-state index < -0.39 is 11.9 Å². The van der Waals surface area contributed by atoms with E-state index in [1.807, 2.05) is 44.2 Å². The summed E-state index contributed by atoms with van der Waals surface area (Å²) in [6.45, 7) is 4.33. The third-order valence-corrected chi connectivity index (χ3v) is 4.97. The van der Waals surface area contributed by atoms with Crippen LogP contribution in [0.1, 0.15) is 25.0 Å². The second kappa shape index (κ2) is 9.11. The molecule has 6 heteroatoms. The summed E-state index contributed by atoms with van der Waals surface area (Å²) in [7, 11) is 0. The van der Waals surface area contributed by atoms with E-state index in [0.29, 0.717) is 18.0 Å². The molecule has 1 atom stereocenters. The summed E-state index contributed by atoms with van der Waals surface area (Å²) in [6, 6.07) is 15.1. The van der Waals surface area contributed by atoms with Crippen molar-refractivity contribution in [2.75, 3.05) is 13.2 Å². The highest BCUT2D eigenvalue weighted by molar-refractivity contribution is 6.30. The summed E-state index contributed by atoms with van der Waals surface area (Å²) in [5.41, 5.74) is 1.91. The Morgan fingerprint density at radius 2 is 1.96 bits per heavy atom. The summed E-state index contributed by atoms with van der Waals surface area (Å²) in [6.07, 6.45) is 0.487. The van der Waals surface area contributed by atoms with Crippen LogP contribution in [-0.4, -0.2) is 36.0 Å². The molecule has 2 aromatic rings. The van der Waals surface area contributed by atoms with E-state index in [1.54, 1.807) is 23.1 Å². The summed E-state index contributed by atoms with van der Waals surface area (Å²) in [5.74, 6) is -0.353. The van der Waals surface area contributed by atoms with Gasteiger partial charge in [-0.1, -0.05) is 41.9 Å². The number of fused-ring (bicyclic) bond motifs is 1. The summed E-state index contributed by atoms with van der Waals surface area (Å²) in [4.78, 5) is 26.8. The fourth-order valence-corrected chi connectivity index (χ4v) is 3.38. The maximum absolute atomic E-state index is 12.6. The summed E-state index contributed by atoms with van der Waals surface area (Å²) >= 11 is 6.02. The zero-order valence-corrected chi connectivity index (χ0v) is 16.8. The van der Waals surface area contributed by atoms with Gasteiger partial charge >= 0.3 is 5.97 Å². The highest BCUT2D eigenvalue weighted by Crippen LogP contribution is 2.30. The Hall–Kier alpha value is -2.53. The Balaban J connectivity index is 1.56. The third-order valence-electron chi connectivity index (χ3n) is 4.74. The van der Waals surface area contributed by atoms with E-state index in [2.05, 4.69) is 0 Å². The Morgan fingerprint density at radius 3 is 2.68 bits per heavy atom. The lowest BCUT2D eigenvalue weighted by Gasteiger charge is -2.28. The number of halogens is 1. The van der Waals surface area contributed by atoms with Gasteiger partial charge in [0.2, 0.25) is 0 Å². The van der Waals surface area contributed by atoms with E-state index >= 15 is 0 Å². The minimum absolute atomic E-state index is 0.00144. The smallest absolute Gasteiger partial charge is 0.313 e. The molecule has 0 bridgehead atoms. The third kappa shape index (κ3) is 5.04. The number of carbonyl (C=O) groups excluding carboxylic acids is 2. The van der Waals surface area contributed by atoms with Gasteiger partial charge in [0.05, 0.1) is 5.92 Å². The van der Waals surface area contributed by atoms with Crippen LogP contribution >= 0.6 is 11.6 Å². The standard InChI is InChI=1S/C22H24ClNO4/c1-15(2)24(12-16-6-4-3-5-7-16)21(25)14-28-22(26)18-10-17-11-19(23)8-9-20(17)27-13-18/h3-9,11,15,18H,10,12-14H2,1-2H3/t18-/m0/s1. The fourth-order valence-electron chi connectivity index (χ4n) is 3.19. The molecule has 2 aromatic carbocycles. The molecule has 0 saturated heterocycles. The minimum atomic E-state index is -0.444. The first-order valence-electron chi connectivity index (χ1n) is 9.35. The van der Waals surface area contributed by atoms with Crippen LogP contribution in [0.3, 0.4) is 0 Å². The second-order valence-corrected chi connectivity index (χ2v) is 7.61. The number of carbonyl (C=O) groups is 2. The molecule has 0 N–H and O–H groups in total. The highest BCUT2D eigenvalue weighted by Gasteiger charge is 2.28. The minimum Gasteiger partial charge on any atom is -0.492 e. The van der Waals surface area contributed by atoms with E-state index in [9.17, 15) is 9.59 Å². The average Bonchev–Trinajstić information content (AvgIpc) is 2.70. The second-order valence-electron chi connectivity index (χ2n) is 7.17. The van der Waals surface area contributed by atoms with Gasteiger partial charge in [-0.2, -0.15) is 0 Å². The molecule has 0 spiro atoms. The molecule has 1 amide bonds. The van der Waals surface area contributed by atoms with Crippen molar-refractivity contribution in [2.24, 2.45) is 5.92 Å². The first-order chi connectivity index (χ1) is 13.4. The van der Waals surface area contributed by atoms with Gasteiger partial charge in [-0.3, -0.25) is 9.59 Å². The van der Waals surface area contributed by atoms with Gasteiger partial charge in [-0.15, -0.1) is 0 Å². The Labute approximate surface area is 170 Å². The molecule has 0 aromatic heterocycles. The molecule has 0 saturated carbocycles. The number of amides is 1. The monoisotopic (exact) mass is 401 g/mol. The highest BCUT2D eigenvalue weighted by atomic mass is 35.5. The van der Waals surface area contributed by atoms with Crippen LogP contribution in [-0.2, 0) is 27.3 Å². The van der Waals surface area contributed by atoms with Gasteiger partial charge in [0.25, 0.3) is 5.91 Å². The maximum Gasteiger partial charge on any atom is 0.313 e. The van der Waals surface area contributed by atoms with Crippen LogP contribution in [0, 0.1) is 5.92 Å². The number of benzene rings is 2. The number of hydrogen-bond acceptors (Lipinski definition) is 4. The molecule has 1 aliphatic heterocycles. The van der Waals surface area contributed by atoms with Crippen molar-refractivity contribution < 1.29 is 19.1 Å². The summed E-state index contributed by atoms with van der Waals surface area (Å²) < 4.78 is 10.9. The van der Waals surface area contributed by atoms with Crippen LogP contribution in [0.4, 0.5) is 0 Å². The van der Waals surface area contributed by atoms with Crippen LogP contribution < -0.4 is 4.74 Å². The molecule has 0 aliphatic carbocycles. The van der Waals surface area contributed by atoms with Crippen LogP contribution in [0.25, 0.3) is 0 Å². The zero-order chi connectivity index (χ0) is 20.1. The molecule has 0 unspecified atom stereocenters. The molecule has 148 valence electrons. The lowest BCUT2D eigenvalue weighted by molar-refractivity contribution is -0.157. The van der Waals surface area contributed by atoms with E-state index in [-0.39, 0.29) is 25.2 Å². The van der Waals surface area contributed by atoms with Crippen molar-refractivity contribution in [3.63, 3.8) is 0 Å². The van der Waals surface area contributed by atoms with E-state index in [4.69, 9.17) is 21.1 Å². The fraction of sp³-hybridized carbons (Fsp3) is 0.364.